The summed E-state index contributed by atoms with van der Waals surface area (Å²) in [4.78, 5) is 23.6. The predicted octanol–water partition coefficient (Wildman–Crippen LogP) is 0.141. The number of carbonyl (C=O) groups excluding carboxylic acids is 1. The lowest BCUT2D eigenvalue weighted by Crippen LogP contribution is -2.46. The molecule has 17 heavy (non-hydrogen) atoms. The van der Waals surface area contributed by atoms with E-state index >= 15 is 0 Å². The predicted molar refractivity (Wildman–Crippen MR) is 62.5 cm³/mol. The molecule has 96 valence electrons. The quantitative estimate of drug-likeness (QED) is 0.491. The summed E-state index contributed by atoms with van der Waals surface area (Å²) < 4.78 is 4.82. The lowest BCUT2D eigenvalue weighted by atomic mass is 10.1. The van der Waals surface area contributed by atoms with E-state index in [1.165, 1.54) is 19.1 Å². The topological polar surface area (TPSA) is 78.9 Å². The fourth-order valence-corrected chi connectivity index (χ4v) is 1.16. The Balaban J connectivity index is 4.20. The molecule has 6 heteroatoms. The molecule has 0 aromatic rings. The van der Waals surface area contributed by atoms with Crippen LogP contribution in [0.4, 0.5) is 4.79 Å². The minimum absolute atomic E-state index is 0.135. The van der Waals surface area contributed by atoms with Crippen LogP contribution in [-0.4, -0.2) is 55.4 Å². The Labute approximate surface area is 101 Å². The van der Waals surface area contributed by atoms with E-state index < -0.39 is 18.0 Å². The van der Waals surface area contributed by atoms with E-state index in [1.54, 1.807) is 0 Å². The maximum atomic E-state index is 11.5. The van der Waals surface area contributed by atoms with Crippen molar-refractivity contribution in [3.05, 3.63) is 0 Å². The van der Waals surface area contributed by atoms with Crippen molar-refractivity contribution >= 4 is 12.0 Å². The molecule has 0 aromatic carbocycles. The number of amides is 2. The number of urea groups is 1. The van der Waals surface area contributed by atoms with Gasteiger partial charge in [-0.25, -0.2) is 9.59 Å². The second kappa shape index (κ2) is 8.42. The Bertz CT molecular complexity index is 298. The van der Waals surface area contributed by atoms with Crippen LogP contribution in [0.1, 0.15) is 12.8 Å². The van der Waals surface area contributed by atoms with Crippen molar-refractivity contribution in [3.8, 4) is 12.3 Å². The molecular weight excluding hydrogens is 224 g/mol. The fraction of sp³-hybridized carbons (Fsp3) is 0.636. The highest BCUT2D eigenvalue weighted by Gasteiger charge is 2.20. The van der Waals surface area contributed by atoms with Gasteiger partial charge in [-0.05, 0) is 12.8 Å². The van der Waals surface area contributed by atoms with Crippen molar-refractivity contribution in [1.82, 2.24) is 10.2 Å². The second-order valence-corrected chi connectivity index (χ2v) is 3.54. The van der Waals surface area contributed by atoms with E-state index in [2.05, 4.69) is 11.2 Å². The number of rotatable bonds is 7. The first-order valence-electron chi connectivity index (χ1n) is 5.19. The van der Waals surface area contributed by atoms with Gasteiger partial charge in [-0.15, -0.1) is 6.42 Å². The average Bonchev–Trinajstić information content (AvgIpc) is 2.27. The summed E-state index contributed by atoms with van der Waals surface area (Å²) in [6, 6.07) is -1.41. The van der Waals surface area contributed by atoms with Gasteiger partial charge in [-0.2, -0.15) is 0 Å². The van der Waals surface area contributed by atoms with E-state index in [-0.39, 0.29) is 6.54 Å². The van der Waals surface area contributed by atoms with Gasteiger partial charge in [0.1, 0.15) is 6.04 Å². The van der Waals surface area contributed by atoms with Gasteiger partial charge < -0.3 is 20.1 Å². The maximum Gasteiger partial charge on any atom is 0.326 e. The Hall–Kier alpha value is -1.74. The zero-order valence-electron chi connectivity index (χ0n) is 10.1. The molecular formula is C11H18N2O4. The van der Waals surface area contributed by atoms with Crippen LogP contribution in [0.3, 0.4) is 0 Å². The summed E-state index contributed by atoms with van der Waals surface area (Å²) in [6.45, 7) is 0.593. The molecule has 0 aliphatic rings. The molecule has 0 aliphatic carbocycles. The van der Waals surface area contributed by atoms with E-state index in [9.17, 15) is 9.59 Å². The SMILES string of the molecule is C#CCN(C)C(=O)NC(CCCOC)C(=O)O. The highest BCUT2D eigenvalue weighted by molar-refractivity contribution is 5.82. The zero-order valence-corrected chi connectivity index (χ0v) is 10.1. The van der Waals surface area contributed by atoms with Gasteiger partial charge in [0, 0.05) is 20.8 Å². The molecule has 0 spiro atoms. The van der Waals surface area contributed by atoms with Crippen LogP contribution in [0.25, 0.3) is 0 Å². The number of nitrogens with one attached hydrogen (secondary N) is 1. The van der Waals surface area contributed by atoms with E-state index in [0.29, 0.717) is 19.4 Å². The highest BCUT2D eigenvalue weighted by atomic mass is 16.5. The Morgan fingerprint density at radius 2 is 2.24 bits per heavy atom. The summed E-state index contributed by atoms with van der Waals surface area (Å²) >= 11 is 0. The lowest BCUT2D eigenvalue weighted by Gasteiger charge is -2.19. The van der Waals surface area contributed by atoms with E-state index in [0.717, 1.165) is 0 Å². The first-order chi connectivity index (χ1) is 8.02. The molecule has 6 nitrogen and oxygen atoms in total. The fourth-order valence-electron chi connectivity index (χ4n) is 1.16. The monoisotopic (exact) mass is 242 g/mol. The van der Waals surface area contributed by atoms with Crippen molar-refractivity contribution < 1.29 is 19.4 Å². The Morgan fingerprint density at radius 1 is 1.59 bits per heavy atom. The van der Waals surface area contributed by atoms with E-state index in [1.807, 2.05) is 0 Å². The largest absolute Gasteiger partial charge is 0.480 e. The van der Waals surface area contributed by atoms with Crippen LogP contribution in [0.5, 0.6) is 0 Å². The van der Waals surface area contributed by atoms with Gasteiger partial charge in [0.05, 0.1) is 6.54 Å². The molecule has 0 saturated carbocycles. The molecule has 0 bridgehead atoms. The number of methoxy groups -OCH3 is 1. The number of hydrogen-bond acceptors (Lipinski definition) is 3. The lowest BCUT2D eigenvalue weighted by molar-refractivity contribution is -0.139. The number of terminal acetylenes is 1. The van der Waals surface area contributed by atoms with Gasteiger partial charge in [0.25, 0.3) is 0 Å². The maximum absolute atomic E-state index is 11.5. The van der Waals surface area contributed by atoms with Crippen molar-refractivity contribution in [3.63, 3.8) is 0 Å². The minimum Gasteiger partial charge on any atom is -0.480 e. The summed E-state index contributed by atoms with van der Waals surface area (Å²) in [5.74, 6) is 1.23. The van der Waals surface area contributed by atoms with Crippen LogP contribution < -0.4 is 5.32 Å². The molecule has 0 rings (SSSR count). The number of nitrogens with zero attached hydrogens (tertiary/aromatic N) is 1. The Kier molecular flexibility index (Phi) is 7.55. The molecule has 0 saturated heterocycles. The summed E-state index contributed by atoms with van der Waals surface area (Å²) in [5, 5.41) is 11.3. The van der Waals surface area contributed by atoms with Crippen LogP contribution in [0, 0.1) is 12.3 Å². The molecule has 0 aromatic heterocycles. The van der Waals surface area contributed by atoms with Crippen LogP contribution >= 0.6 is 0 Å². The molecule has 1 unspecified atom stereocenters. The first kappa shape index (κ1) is 15.3. The molecule has 0 radical (unpaired) electrons. The van der Waals surface area contributed by atoms with Gasteiger partial charge in [-0.3, -0.25) is 0 Å². The average molecular weight is 242 g/mol. The minimum atomic E-state index is -1.07. The van der Waals surface area contributed by atoms with Crippen LogP contribution in [-0.2, 0) is 9.53 Å². The Morgan fingerprint density at radius 3 is 2.71 bits per heavy atom. The van der Waals surface area contributed by atoms with E-state index in [4.69, 9.17) is 16.3 Å². The van der Waals surface area contributed by atoms with Gasteiger partial charge in [-0.1, -0.05) is 5.92 Å². The van der Waals surface area contributed by atoms with Crippen molar-refractivity contribution in [2.45, 2.75) is 18.9 Å². The third kappa shape index (κ3) is 6.43. The van der Waals surface area contributed by atoms with Crippen LogP contribution in [0.15, 0.2) is 0 Å². The molecule has 2 amide bonds. The number of carbonyl (C=O) groups is 2. The van der Waals surface area contributed by atoms with Crippen molar-refractivity contribution in [2.75, 3.05) is 27.3 Å². The number of carboxylic acid groups (broad SMARTS) is 1. The molecule has 2 N–H and O–H groups in total. The highest BCUT2D eigenvalue weighted by Crippen LogP contribution is 1.99. The zero-order chi connectivity index (χ0) is 13.3. The third-order valence-electron chi connectivity index (χ3n) is 2.11. The number of carboxylic acids is 1. The normalized spacial score (nSPS) is 11.4. The van der Waals surface area contributed by atoms with Gasteiger partial charge in [0.2, 0.25) is 0 Å². The third-order valence-corrected chi connectivity index (χ3v) is 2.11. The summed E-state index contributed by atoms with van der Waals surface area (Å²) in [6.07, 6.45) is 5.93. The smallest absolute Gasteiger partial charge is 0.326 e. The van der Waals surface area contributed by atoms with Crippen molar-refractivity contribution in [2.24, 2.45) is 0 Å². The standard InChI is InChI=1S/C11H18N2O4/c1-4-7-13(2)11(16)12-9(10(14)15)6-5-8-17-3/h1,9H,5-8H2,2-3H3,(H,12,16)(H,14,15). The van der Waals surface area contributed by atoms with Gasteiger partial charge in [0.15, 0.2) is 0 Å². The summed E-state index contributed by atoms with van der Waals surface area (Å²) in [7, 11) is 3.04. The first-order valence-corrected chi connectivity index (χ1v) is 5.19. The number of aliphatic carboxylic acids is 1. The molecule has 0 aliphatic heterocycles. The molecule has 0 heterocycles. The van der Waals surface area contributed by atoms with Crippen molar-refractivity contribution in [1.29, 1.82) is 0 Å². The molecule has 1 atom stereocenters. The summed E-state index contributed by atoms with van der Waals surface area (Å²) in [5.41, 5.74) is 0. The molecule has 0 fully saturated rings. The van der Waals surface area contributed by atoms with Crippen LogP contribution in [0.2, 0.25) is 0 Å². The number of ether oxygens (including phenoxy) is 1. The van der Waals surface area contributed by atoms with Gasteiger partial charge >= 0.3 is 12.0 Å². The second-order valence-electron chi connectivity index (χ2n) is 3.54. The number of hydrogen-bond donors (Lipinski definition) is 2.